The molecule has 84 valence electrons. The zero-order valence-electron chi connectivity index (χ0n) is 9.21. The van der Waals surface area contributed by atoms with Crippen LogP contribution in [0.3, 0.4) is 0 Å². The third kappa shape index (κ3) is 3.40. The molecule has 0 bridgehead atoms. The van der Waals surface area contributed by atoms with Gasteiger partial charge in [0, 0.05) is 11.8 Å². The lowest BCUT2D eigenvalue weighted by molar-refractivity contribution is 0.412. The molecule has 0 radical (unpaired) electrons. The minimum Gasteiger partial charge on any atom is -0.496 e. The fourth-order valence-corrected chi connectivity index (χ4v) is 2.66. The predicted molar refractivity (Wildman–Crippen MR) is 70.9 cm³/mol. The van der Waals surface area contributed by atoms with E-state index in [-0.39, 0.29) is 0 Å². The standard InChI is InChI=1S/C11H16BrNOS/c1-13-10(7-15-3)8-4-5-11(14-2)9(12)6-8/h4-6,10,13H,7H2,1-3H3. The first-order chi connectivity index (χ1) is 7.22. The fraction of sp³-hybridized carbons (Fsp3) is 0.455. The summed E-state index contributed by atoms with van der Waals surface area (Å²) >= 11 is 5.33. The molecule has 0 aliphatic heterocycles. The van der Waals surface area contributed by atoms with E-state index in [0.717, 1.165) is 16.0 Å². The van der Waals surface area contributed by atoms with Crippen LogP contribution in [0.25, 0.3) is 0 Å². The molecule has 0 saturated carbocycles. The highest BCUT2D eigenvalue weighted by atomic mass is 79.9. The topological polar surface area (TPSA) is 21.3 Å². The van der Waals surface area contributed by atoms with E-state index in [1.165, 1.54) is 5.56 Å². The van der Waals surface area contributed by atoms with Gasteiger partial charge in [-0.25, -0.2) is 0 Å². The van der Waals surface area contributed by atoms with Crippen LogP contribution in [0.15, 0.2) is 22.7 Å². The Bertz CT molecular complexity index is 319. The second-order valence-electron chi connectivity index (χ2n) is 3.19. The predicted octanol–water partition coefficient (Wildman–Crippen LogP) is 3.08. The summed E-state index contributed by atoms with van der Waals surface area (Å²) in [5, 5.41) is 3.30. The van der Waals surface area contributed by atoms with Gasteiger partial charge in [-0.1, -0.05) is 6.07 Å². The quantitative estimate of drug-likeness (QED) is 0.900. The summed E-state index contributed by atoms with van der Waals surface area (Å²) in [4.78, 5) is 0. The summed E-state index contributed by atoms with van der Waals surface area (Å²) < 4.78 is 6.20. The minimum atomic E-state index is 0.391. The first kappa shape index (κ1) is 12.9. The van der Waals surface area contributed by atoms with Gasteiger partial charge in [-0.3, -0.25) is 0 Å². The molecule has 15 heavy (non-hydrogen) atoms. The van der Waals surface area contributed by atoms with E-state index >= 15 is 0 Å². The number of ether oxygens (including phenoxy) is 1. The fourth-order valence-electron chi connectivity index (χ4n) is 1.41. The van der Waals surface area contributed by atoms with Gasteiger partial charge in [0.2, 0.25) is 0 Å². The van der Waals surface area contributed by atoms with Crippen molar-refractivity contribution in [3.05, 3.63) is 28.2 Å². The van der Waals surface area contributed by atoms with Gasteiger partial charge in [0.05, 0.1) is 11.6 Å². The molecule has 0 aliphatic carbocycles. The van der Waals surface area contributed by atoms with Gasteiger partial charge in [-0.05, 0) is 46.9 Å². The molecule has 0 heterocycles. The third-order valence-corrected chi connectivity index (χ3v) is 3.55. The molecule has 1 rings (SSSR count). The SMILES string of the molecule is CNC(CSC)c1ccc(OC)c(Br)c1. The number of rotatable bonds is 5. The van der Waals surface area contributed by atoms with Crippen LogP contribution in [0, 0.1) is 0 Å². The first-order valence-corrected chi connectivity index (χ1v) is 6.91. The third-order valence-electron chi connectivity index (χ3n) is 2.26. The summed E-state index contributed by atoms with van der Waals surface area (Å²) in [5.74, 6) is 1.94. The molecule has 1 aromatic rings. The van der Waals surface area contributed by atoms with E-state index in [0.29, 0.717) is 6.04 Å². The summed E-state index contributed by atoms with van der Waals surface area (Å²) in [5.41, 5.74) is 1.28. The van der Waals surface area contributed by atoms with Crippen molar-refractivity contribution in [3.8, 4) is 5.75 Å². The van der Waals surface area contributed by atoms with Crippen molar-refractivity contribution in [2.75, 3.05) is 26.2 Å². The maximum atomic E-state index is 5.20. The Morgan fingerprint density at radius 1 is 1.53 bits per heavy atom. The lowest BCUT2D eigenvalue weighted by Gasteiger charge is -2.16. The van der Waals surface area contributed by atoms with E-state index in [4.69, 9.17) is 4.74 Å². The molecule has 1 unspecified atom stereocenters. The maximum Gasteiger partial charge on any atom is 0.133 e. The average molecular weight is 290 g/mol. The van der Waals surface area contributed by atoms with Crippen LogP contribution in [-0.4, -0.2) is 26.2 Å². The van der Waals surface area contributed by atoms with Gasteiger partial charge >= 0.3 is 0 Å². The Morgan fingerprint density at radius 2 is 2.27 bits per heavy atom. The Hall–Kier alpha value is -0.190. The van der Waals surface area contributed by atoms with Crippen molar-refractivity contribution in [1.29, 1.82) is 0 Å². The van der Waals surface area contributed by atoms with Gasteiger partial charge in [-0.2, -0.15) is 11.8 Å². The van der Waals surface area contributed by atoms with E-state index in [1.807, 2.05) is 24.9 Å². The molecule has 0 spiro atoms. The number of thioether (sulfide) groups is 1. The molecule has 0 fully saturated rings. The Balaban J connectivity index is 2.89. The molecule has 1 aromatic carbocycles. The van der Waals surface area contributed by atoms with E-state index in [1.54, 1.807) is 7.11 Å². The van der Waals surface area contributed by atoms with Crippen molar-refractivity contribution >= 4 is 27.7 Å². The Morgan fingerprint density at radius 3 is 2.73 bits per heavy atom. The monoisotopic (exact) mass is 289 g/mol. The van der Waals surface area contributed by atoms with Crippen molar-refractivity contribution in [1.82, 2.24) is 5.32 Å². The molecule has 1 atom stereocenters. The van der Waals surface area contributed by atoms with Gasteiger partial charge in [0.15, 0.2) is 0 Å². The van der Waals surface area contributed by atoms with E-state index < -0.39 is 0 Å². The summed E-state index contributed by atoms with van der Waals surface area (Å²) in [7, 11) is 3.66. The molecule has 0 saturated heterocycles. The Kier molecular flexibility index (Phi) is 5.50. The molecule has 4 heteroatoms. The highest BCUT2D eigenvalue weighted by Gasteiger charge is 2.10. The van der Waals surface area contributed by atoms with Crippen LogP contribution in [-0.2, 0) is 0 Å². The highest BCUT2D eigenvalue weighted by Crippen LogP contribution is 2.28. The van der Waals surface area contributed by atoms with Crippen LogP contribution in [0.5, 0.6) is 5.75 Å². The van der Waals surface area contributed by atoms with Crippen molar-refractivity contribution in [3.63, 3.8) is 0 Å². The molecule has 0 amide bonds. The summed E-state index contributed by atoms with van der Waals surface area (Å²) in [6, 6.07) is 6.59. The summed E-state index contributed by atoms with van der Waals surface area (Å²) in [6.45, 7) is 0. The summed E-state index contributed by atoms with van der Waals surface area (Å²) in [6.07, 6.45) is 2.11. The molecule has 0 aliphatic rings. The molecule has 1 N–H and O–H groups in total. The molecule has 0 aromatic heterocycles. The maximum absolute atomic E-state index is 5.20. The number of methoxy groups -OCH3 is 1. The van der Waals surface area contributed by atoms with Crippen LogP contribution in [0.2, 0.25) is 0 Å². The molecular weight excluding hydrogens is 274 g/mol. The normalized spacial score (nSPS) is 12.5. The van der Waals surface area contributed by atoms with Crippen LogP contribution < -0.4 is 10.1 Å². The number of nitrogens with one attached hydrogen (secondary N) is 1. The van der Waals surface area contributed by atoms with Gasteiger partial charge in [0.25, 0.3) is 0 Å². The number of hydrogen-bond donors (Lipinski definition) is 1. The van der Waals surface area contributed by atoms with Gasteiger partial charge in [0.1, 0.15) is 5.75 Å². The van der Waals surface area contributed by atoms with Gasteiger partial charge in [-0.15, -0.1) is 0 Å². The number of hydrogen-bond acceptors (Lipinski definition) is 3. The minimum absolute atomic E-state index is 0.391. The van der Waals surface area contributed by atoms with Crippen molar-refractivity contribution in [2.24, 2.45) is 0 Å². The van der Waals surface area contributed by atoms with Gasteiger partial charge < -0.3 is 10.1 Å². The largest absolute Gasteiger partial charge is 0.496 e. The van der Waals surface area contributed by atoms with E-state index in [2.05, 4.69) is 39.6 Å². The second-order valence-corrected chi connectivity index (χ2v) is 4.96. The lowest BCUT2D eigenvalue weighted by Crippen LogP contribution is -2.18. The highest BCUT2D eigenvalue weighted by molar-refractivity contribution is 9.10. The smallest absolute Gasteiger partial charge is 0.133 e. The van der Waals surface area contributed by atoms with Crippen molar-refractivity contribution in [2.45, 2.75) is 6.04 Å². The van der Waals surface area contributed by atoms with Crippen LogP contribution in [0.1, 0.15) is 11.6 Å². The average Bonchev–Trinajstić information content (AvgIpc) is 2.25. The zero-order valence-corrected chi connectivity index (χ0v) is 11.6. The number of benzene rings is 1. The molecular formula is C11H16BrNOS. The zero-order chi connectivity index (χ0) is 11.3. The van der Waals surface area contributed by atoms with Crippen LogP contribution in [0.4, 0.5) is 0 Å². The van der Waals surface area contributed by atoms with E-state index in [9.17, 15) is 0 Å². The van der Waals surface area contributed by atoms with Crippen molar-refractivity contribution < 1.29 is 4.74 Å². The molecule has 2 nitrogen and oxygen atoms in total. The number of halogens is 1. The Labute approximate surface area is 104 Å². The first-order valence-electron chi connectivity index (χ1n) is 4.72. The van der Waals surface area contributed by atoms with Crippen LogP contribution >= 0.6 is 27.7 Å². The second kappa shape index (κ2) is 6.40. The lowest BCUT2D eigenvalue weighted by atomic mass is 10.1.